The average molecular weight is 188 g/mol. The highest BCUT2D eigenvalue weighted by Gasteiger charge is 1.86. The van der Waals surface area contributed by atoms with Crippen LogP contribution in [0.4, 0.5) is 0 Å². The monoisotopic (exact) mass is 188 g/mol. The van der Waals surface area contributed by atoms with Crippen LogP contribution in [0.2, 0.25) is 0 Å². The minimum absolute atomic E-state index is 0.0532. The van der Waals surface area contributed by atoms with Crippen molar-refractivity contribution in [2.45, 2.75) is 6.42 Å². The summed E-state index contributed by atoms with van der Waals surface area (Å²) in [6.07, 6.45) is 8.23. The highest BCUT2D eigenvalue weighted by molar-refractivity contribution is 5.73. The second kappa shape index (κ2) is 5.70. The first kappa shape index (κ1) is 10.2. The maximum atomic E-state index is 10.2. The average Bonchev–Trinajstić information content (AvgIpc) is 2.21. The highest BCUT2D eigenvalue weighted by atomic mass is 16.1. The van der Waals surface area contributed by atoms with Crippen molar-refractivity contribution >= 4 is 6.21 Å². The molecule has 2 rings (SSSR count). The van der Waals surface area contributed by atoms with Crippen LogP contribution < -0.4 is 5.56 Å². The summed E-state index contributed by atoms with van der Waals surface area (Å²) in [5.41, 5.74) is 0.894. The fourth-order valence-electron chi connectivity index (χ4n) is 0.843. The van der Waals surface area contributed by atoms with Crippen LogP contribution in [0, 0.1) is 0 Å². The molecular weight excluding hydrogens is 176 g/mol. The zero-order valence-electron chi connectivity index (χ0n) is 7.81. The fraction of sp³-hybridized carbons (Fsp3) is 0.0909. The van der Waals surface area contributed by atoms with Gasteiger partial charge < -0.3 is 4.98 Å². The van der Waals surface area contributed by atoms with Gasteiger partial charge in [-0.1, -0.05) is 18.7 Å². The van der Waals surface area contributed by atoms with Crippen molar-refractivity contribution < 1.29 is 0 Å². The number of aliphatic imine (C=N–C) groups is 1. The number of nitrogens with one attached hydrogen (secondary N) is 1. The van der Waals surface area contributed by atoms with Gasteiger partial charge in [-0.3, -0.25) is 9.79 Å². The van der Waals surface area contributed by atoms with Gasteiger partial charge in [-0.2, -0.15) is 0 Å². The van der Waals surface area contributed by atoms with E-state index in [9.17, 15) is 4.79 Å². The Balaban J connectivity index is 0.000000140. The van der Waals surface area contributed by atoms with Gasteiger partial charge in [0.15, 0.2) is 0 Å². The molecule has 2 heterocycles. The lowest BCUT2D eigenvalue weighted by atomic mass is 10.3. The van der Waals surface area contributed by atoms with Gasteiger partial charge in [-0.05, 0) is 12.1 Å². The van der Waals surface area contributed by atoms with Crippen molar-refractivity contribution in [3.63, 3.8) is 0 Å². The number of aromatic amines is 1. The second-order valence-electron chi connectivity index (χ2n) is 2.70. The molecule has 1 N–H and O–H groups in total. The summed E-state index contributed by atoms with van der Waals surface area (Å²) in [5.74, 6) is 0. The van der Waals surface area contributed by atoms with E-state index in [1.54, 1.807) is 24.5 Å². The summed E-state index contributed by atoms with van der Waals surface area (Å²) in [7, 11) is 0. The number of nitrogens with zero attached hydrogens (tertiary/aromatic N) is 1. The first-order valence-electron chi connectivity index (χ1n) is 4.30. The van der Waals surface area contributed by atoms with E-state index in [4.69, 9.17) is 0 Å². The Morgan fingerprint density at radius 3 is 2.57 bits per heavy atom. The van der Waals surface area contributed by atoms with Crippen molar-refractivity contribution in [2.75, 3.05) is 0 Å². The van der Waals surface area contributed by atoms with E-state index < -0.39 is 0 Å². The summed E-state index contributed by atoms with van der Waals surface area (Å²) in [5, 5.41) is 0. The number of hydrogen-bond donors (Lipinski definition) is 1. The Labute approximate surface area is 82.5 Å². The molecule has 0 atom stereocenters. The number of H-pyrrole nitrogens is 1. The summed E-state index contributed by atoms with van der Waals surface area (Å²) in [4.78, 5) is 16.6. The summed E-state index contributed by atoms with van der Waals surface area (Å²) >= 11 is 0. The number of aromatic nitrogens is 1. The third kappa shape index (κ3) is 4.21. The number of hydrogen-bond acceptors (Lipinski definition) is 2. The molecule has 0 spiro atoms. The van der Waals surface area contributed by atoms with Crippen molar-refractivity contribution in [1.82, 2.24) is 4.98 Å². The highest BCUT2D eigenvalue weighted by Crippen LogP contribution is 2.02. The van der Waals surface area contributed by atoms with Gasteiger partial charge in [0.05, 0.1) is 0 Å². The van der Waals surface area contributed by atoms with Gasteiger partial charge >= 0.3 is 0 Å². The van der Waals surface area contributed by atoms with Gasteiger partial charge in [0.2, 0.25) is 5.56 Å². The van der Waals surface area contributed by atoms with E-state index in [1.807, 2.05) is 12.2 Å². The van der Waals surface area contributed by atoms with Crippen molar-refractivity contribution in [3.8, 4) is 0 Å². The predicted molar refractivity (Wildman–Crippen MR) is 58.5 cm³/mol. The lowest BCUT2D eigenvalue weighted by molar-refractivity contribution is 1.17. The molecule has 14 heavy (non-hydrogen) atoms. The molecule has 72 valence electrons. The first-order valence-corrected chi connectivity index (χ1v) is 4.30. The molecule has 0 aromatic carbocycles. The molecule has 0 unspecified atom stereocenters. The van der Waals surface area contributed by atoms with Crippen LogP contribution in [0.15, 0.2) is 58.6 Å². The van der Waals surface area contributed by atoms with Gasteiger partial charge in [0.25, 0.3) is 0 Å². The van der Waals surface area contributed by atoms with Crippen LogP contribution >= 0.6 is 0 Å². The summed E-state index contributed by atoms with van der Waals surface area (Å²) in [6, 6.07) is 4.93. The smallest absolute Gasteiger partial charge is 0.247 e. The van der Waals surface area contributed by atoms with Crippen molar-refractivity contribution in [3.05, 3.63) is 59.2 Å². The SMILES string of the molecule is C=C1CC=CC=N1.O=c1cccc[nH]1. The molecule has 3 nitrogen and oxygen atoms in total. The topological polar surface area (TPSA) is 45.2 Å². The van der Waals surface area contributed by atoms with Crippen LogP contribution in [-0.4, -0.2) is 11.2 Å². The number of rotatable bonds is 0. The molecule has 0 bridgehead atoms. The van der Waals surface area contributed by atoms with Gasteiger partial charge in [-0.25, -0.2) is 0 Å². The molecule has 0 aliphatic carbocycles. The van der Waals surface area contributed by atoms with Gasteiger partial charge in [-0.15, -0.1) is 0 Å². The maximum Gasteiger partial charge on any atom is 0.247 e. The third-order valence-electron chi connectivity index (χ3n) is 1.51. The summed E-state index contributed by atoms with van der Waals surface area (Å²) in [6.45, 7) is 3.66. The van der Waals surface area contributed by atoms with Crippen LogP contribution in [0.1, 0.15) is 6.42 Å². The van der Waals surface area contributed by atoms with Crippen LogP contribution in [0.25, 0.3) is 0 Å². The molecule has 1 aromatic heterocycles. The Morgan fingerprint density at radius 1 is 1.43 bits per heavy atom. The molecule has 1 aliphatic rings. The molecular formula is C11H12N2O. The van der Waals surface area contributed by atoms with Crippen LogP contribution in [0.3, 0.4) is 0 Å². The largest absolute Gasteiger partial charge is 0.329 e. The molecule has 0 saturated heterocycles. The number of dihydropyridines is 1. The number of allylic oxidation sites excluding steroid dienone is 2. The molecule has 1 aliphatic heterocycles. The van der Waals surface area contributed by atoms with E-state index in [2.05, 4.69) is 16.6 Å². The Morgan fingerprint density at radius 2 is 2.29 bits per heavy atom. The molecule has 0 saturated carbocycles. The van der Waals surface area contributed by atoms with Crippen LogP contribution in [-0.2, 0) is 0 Å². The van der Waals surface area contributed by atoms with Gasteiger partial charge in [0.1, 0.15) is 0 Å². The van der Waals surface area contributed by atoms with Crippen LogP contribution in [0.5, 0.6) is 0 Å². The Hall–Kier alpha value is -1.90. The predicted octanol–water partition coefficient (Wildman–Crippen LogP) is 1.91. The third-order valence-corrected chi connectivity index (χ3v) is 1.51. The summed E-state index contributed by atoms with van der Waals surface area (Å²) < 4.78 is 0. The van der Waals surface area contributed by atoms with E-state index in [0.29, 0.717) is 0 Å². The lowest BCUT2D eigenvalue weighted by Gasteiger charge is -1.94. The first-order chi connectivity index (χ1) is 6.79. The normalized spacial score (nSPS) is 13.3. The minimum Gasteiger partial charge on any atom is -0.329 e. The molecule has 0 fully saturated rings. The zero-order chi connectivity index (χ0) is 10.2. The second-order valence-corrected chi connectivity index (χ2v) is 2.70. The zero-order valence-corrected chi connectivity index (χ0v) is 7.81. The van der Waals surface area contributed by atoms with Crippen molar-refractivity contribution in [2.24, 2.45) is 4.99 Å². The van der Waals surface area contributed by atoms with E-state index in [0.717, 1.165) is 12.1 Å². The molecule has 0 radical (unpaired) electrons. The Kier molecular flexibility index (Phi) is 4.14. The van der Waals surface area contributed by atoms with E-state index in [1.165, 1.54) is 6.07 Å². The van der Waals surface area contributed by atoms with Crippen molar-refractivity contribution in [1.29, 1.82) is 0 Å². The molecule has 0 amide bonds. The van der Waals surface area contributed by atoms with E-state index >= 15 is 0 Å². The molecule has 1 aromatic rings. The maximum absolute atomic E-state index is 10.2. The number of pyridine rings is 1. The van der Waals surface area contributed by atoms with E-state index in [-0.39, 0.29) is 5.56 Å². The lowest BCUT2D eigenvalue weighted by Crippen LogP contribution is -1.98. The van der Waals surface area contributed by atoms with Gasteiger partial charge in [0, 0.05) is 30.6 Å². The quantitative estimate of drug-likeness (QED) is 0.664. The fourth-order valence-corrected chi connectivity index (χ4v) is 0.843. The minimum atomic E-state index is -0.0532. The molecule has 3 heteroatoms. The Bertz CT molecular complexity index is 384. The standard InChI is InChI=1S/C6H7N.C5H5NO/c1-6-4-2-3-5-7-6;7-5-3-1-2-4-6-5/h2-3,5H,1,4H2;1-4H,(H,6,7).